The summed E-state index contributed by atoms with van der Waals surface area (Å²) in [6, 6.07) is 11.4. The van der Waals surface area contributed by atoms with Gasteiger partial charge in [-0.05, 0) is 36.2 Å². The van der Waals surface area contributed by atoms with Crippen LogP contribution in [0.1, 0.15) is 18.9 Å². The number of carbonyl (C=O) groups is 1. The van der Waals surface area contributed by atoms with E-state index in [4.69, 9.17) is 0 Å². The van der Waals surface area contributed by atoms with Gasteiger partial charge in [-0.1, -0.05) is 35.0 Å². The standard InChI is InChI=1S/C16H18BrN3O/c1-2-9-18-14-7-8-15(19-11-14)20-16(21)10-12-3-5-13(17)6-4-12/h3-8,11,18H,2,9-10H2,1H3,(H,19,20,21). The van der Waals surface area contributed by atoms with Crippen LogP contribution in [-0.2, 0) is 11.2 Å². The minimum absolute atomic E-state index is 0.0703. The molecule has 21 heavy (non-hydrogen) atoms. The number of benzene rings is 1. The zero-order chi connectivity index (χ0) is 15.1. The second-order valence-corrected chi connectivity index (χ2v) is 5.63. The van der Waals surface area contributed by atoms with Crippen molar-refractivity contribution in [1.29, 1.82) is 0 Å². The third-order valence-electron chi connectivity index (χ3n) is 2.89. The van der Waals surface area contributed by atoms with Gasteiger partial charge in [-0.3, -0.25) is 4.79 Å². The van der Waals surface area contributed by atoms with E-state index in [1.165, 1.54) is 0 Å². The average Bonchev–Trinajstić information content (AvgIpc) is 2.49. The summed E-state index contributed by atoms with van der Waals surface area (Å²) in [5.74, 6) is 0.498. The van der Waals surface area contributed by atoms with E-state index in [9.17, 15) is 4.79 Å². The molecular formula is C16H18BrN3O. The molecule has 0 aliphatic heterocycles. The Bertz CT molecular complexity index is 581. The highest BCUT2D eigenvalue weighted by atomic mass is 79.9. The summed E-state index contributed by atoms with van der Waals surface area (Å²) in [4.78, 5) is 16.2. The van der Waals surface area contributed by atoms with E-state index in [1.807, 2.05) is 30.3 Å². The van der Waals surface area contributed by atoms with Crippen LogP contribution in [0, 0.1) is 0 Å². The molecule has 1 amide bonds. The summed E-state index contributed by atoms with van der Waals surface area (Å²) in [5, 5.41) is 6.04. The van der Waals surface area contributed by atoms with Gasteiger partial charge < -0.3 is 10.6 Å². The third-order valence-corrected chi connectivity index (χ3v) is 3.42. The molecule has 0 aliphatic carbocycles. The fourth-order valence-electron chi connectivity index (χ4n) is 1.82. The third kappa shape index (κ3) is 5.19. The minimum Gasteiger partial charge on any atom is -0.384 e. The van der Waals surface area contributed by atoms with E-state index < -0.39 is 0 Å². The monoisotopic (exact) mass is 347 g/mol. The van der Waals surface area contributed by atoms with E-state index in [0.717, 1.165) is 28.7 Å². The number of aromatic nitrogens is 1. The molecule has 0 saturated carbocycles. The Morgan fingerprint density at radius 1 is 1.19 bits per heavy atom. The van der Waals surface area contributed by atoms with Gasteiger partial charge in [0.2, 0.25) is 5.91 Å². The van der Waals surface area contributed by atoms with E-state index in [1.54, 1.807) is 12.3 Å². The number of rotatable bonds is 6. The first-order valence-electron chi connectivity index (χ1n) is 6.91. The topological polar surface area (TPSA) is 54.0 Å². The largest absolute Gasteiger partial charge is 0.384 e. The highest BCUT2D eigenvalue weighted by Gasteiger charge is 2.05. The van der Waals surface area contributed by atoms with Crippen molar-refractivity contribution < 1.29 is 4.79 Å². The van der Waals surface area contributed by atoms with E-state index in [2.05, 4.69) is 38.5 Å². The van der Waals surface area contributed by atoms with Gasteiger partial charge in [0.15, 0.2) is 0 Å². The minimum atomic E-state index is -0.0703. The van der Waals surface area contributed by atoms with Crippen LogP contribution in [0.5, 0.6) is 0 Å². The number of halogens is 1. The molecule has 1 aromatic heterocycles. The summed E-state index contributed by atoms with van der Waals surface area (Å²) in [6.07, 6.45) is 3.13. The molecule has 0 aliphatic rings. The molecule has 4 nitrogen and oxygen atoms in total. The van der Waals surface area contributed by atoms with Crippen molar-refractivity contribution >= 4 is 33.3 Å². The fourth-order valence-corrected chi connectivity index (χ4v) is 2.08. The molecular weight excluding hydrogens is 330 g/mol. The van der Waals surface area contributed by atoms with Crippen molar-refractivity contribution in [3.63, 3.8) is 0 Å². The van der Waals surface area contributed by atoms with Gasteiger partial charge in [0.1, 0.15) is 5.82 Å². The Morgan fingerprint density at radius 2 is 1.95 bits per heavy atom. The van der Waals surface area contributed by atoms with Crippen LogP contribution in [-0.4, -0.2) is 17.4 Å². The van der Waals surface area contributed by atoms with Gasteiger partial charge in [0, 0.05) is 11.0 Å². The summed E-state index contributed by atoms with van der Waals surface area (Å²) >= 11 is 3.37. The number of carbonyl (C=O) groups excluding carboxylic acids is 1. The highest BCUT2D eigenvalue weighted by Crippen LogP contribution is 2.13. The van der Waals surface area contributed by atoms with E-state index >= 15 is 0 Å². The Labute approximate surface area is 133 Å². The lowest BCUT2D eigenvalue weighted by molar-refractivity contribution is -0.115. The molecule has 2 aromatic rings. The predicted molar refractivity (Wildman–Crippen MR) is 89.5 cm³/mol. The number of hydrogen-bond donors (Lipinski definition) is 2. The number of hydrogen-bond acceptors (Lipinski definition) is 3. The molecule has 0 radical (unpaired) electrons. The maximum absolute atomic E-state index is 11.9. The number of nitrogens with zero attached hydrogens (tertiary/aromatic N) is 1. The van der Waals surface area contributed by atoms with Crippen molar-refractivity contribution in [2.24, 2.45) is 0 Å². The Balaban J connectivity index is 1.88. The molecule has 0 bridgehead atoms. The zero-order valence-electron chi connectivity index (χ0n) is 11.9. The fraction of sp³-hybridized carbons (Fsp3) is 0.250. The van der Waals surface area contributed by atoms with Crippen LogP contribution in [0.15, 0.2) is 47.1 Å². The number of anilines is 2. The molecule has 5 heteroatoms. The van der Waals surface area contributed by atoms with Crippen LogP contribution in [0.3, 0.4) is 0 Å². The number of nitrogens with one attached hydrogen (secondary N) is 2. The number of pyridine rings is 1. The molecule has 2 rings (SSSR count). The van der Waals surface area contributed by atoms with Crippen LogP contribution in [0.2, 0.25) is 0 Å². The lowest BCUT2D eigenvalue weighted by Crippen LogP contribution is -2.15. The van der Waals surface area contributed by atoms with Gasteiger partial charge in [0.05, 0.1) is 18.3 Å². The first-order valence-corrected chi connectivity index (χ1v) is 7.71. The zero-order valence-corrected chi connectivity index (χ0v) is 13.5. The lowest BCUT2D eigenvalue weighted by Gasteiger charge is -2.07. The molecule has 1 aromatic carbocycles. The van der Waals surface area contributed by atoms with Crippen LogP contribution < -0.4 is 10.6 Å². The van der Waals surface area contributed by atoms with Gasteiger partial charge in [-0.15, -0.1) is 0 Å². The molecule has 0 fully saturated rings. The molecule has 2 N–H and O–H groups in total. The van der Waals surface area contributed by atoms with Gasteiger partial charge in [-0.2, -0.15) is 0 Å². The van der Waals surface area contributed by atoms with E-state index in [0.29, 0.717) is 12.2 Å². The lowest BCUT2D eigenvalue weighted by atomic mass is 10.1. The van der Waals surface area contributed by atoms with Crippen molar-refractivity contribution in [3.8, 4) is 0 Å². The smallest absolute Gasteiger partial charge is 0.229 e. The maximum atomic E-state index is 11.9. The Kier molecular flexibility index (Phi) is 5.75. The normalized spacial score (nSPS) is 10.2. The first-order chi connectivity index (χ1) is 10.2. The maximum Gasteiger partial charge on any atom is 0.229 e. The molecule has 0 unspecified atom stereocenters. The summed E-state index contributed by atoms with van der Waals surface area (Å²) in [6.45, 7) is 3.02. The first kappa shape index (κ1) is 15.5. The predicted octanol–water partition coefficient (Wildman–Crippen LogP) is 3.85. The molecule has 0 atom stereocenters. The number of amides is 1. The molecule has 1 heterocycles. The average molecular weight is 348 g/mol. The SMILES string of the molecule is CCCNc1ccc(NC(=O)Cc2ccc(Br)cc2)nc1. The highest BCUT2D eigenvalue weighted by molar-refractivity contribution is 9.10. The van der Waals surface area contributed by atoms with Gasteiger partial charge >= 0.3 is 0 Å². The second kappa shape index (κ2) is 7.78. The summed E-state index contributed by atoms with van der Waals surface area (Å²) in [5.41, 5.74) is 1.93. The van der Waals surface area contributed by atoms with Crippen molar-refractivity contribution in [2.45, 2.75) is 19.8 Å². The van der Waals surface area contributed by atoms with Crippen molar-refractivity contribution in [2.75, 3.05) is 17.2 Å². The van der Waals surface area contributed by atoms with Crippen molar-refractivity contribution in [1.82, 2.24) is 4.98 Å². The van der Waals surface area contributed by atoms with Gasteiger partial charge in [0.25, 0.3) is 0 Å². The van der Waals surface area contributed by atoms with Crippen LogP contribution >= 0.6 is 15.9 Å². The second-order valence-electron chi connectivity index (χ2n) is 4.71. The summed E-state index contributed by atoms with van der Waals surface area (Å²) in [7, 11) is 0. The summed E-state index contributed by atoms with van der Waals surface area (Å²) < 4.78 is 1.00. The van der Waals surface area contributed by atoms with Crippen LogP contribution in [0.4, 0.5) is 11.5 Å². The van der Waals surface area contributed by atoms with Gasteiger partial charge in [-0.25, -0.2) is 4.98 Å². The van der Waals surface area contributed by atoms with Crippen molar-refractivity contribution in [3.05, 3.63) is 52.6 Å². The molecule has 110 valence electrons. The Morgan fingerprint density at radius 3 is 2.57 bits per heavy atom. The van der Waals surface area contributed by atoms with Crippen LogP contribution in [0.25, 0.3) is 0 Å². The quantitative estimate of drug-likeness (QED) is 0.834. The molecule has 0 saturated heterocycles. The molecule has 0 spiro atoms. The Hall–Kier alpha value is -1.88. The van der Waals surface area contributed by atoms with E-state index in [-0.39, 0.29) is 5.91 Å².